The van der Waals surface area contributed by atoms with Gasteiger partial charge in [-0.2, -0.15) is 4.31 Å². The molecule has 2 aromatic carbocycles. The zero-order valence-electron chi connectivity index (χ0n) is 17.8. The molecule has 1 fully saturated rings. The number of sulfonamides is 1. The van der Waals surface area contributed by atoms with Crippen LogP contribution in [0.15, 0.2) is 70.8 Å². The van der Waals surface area contributed by atoms with E-state index in [2.05, 4.69) is 15.3 Å². The first-order chi connectivity index (χ1) is 15.9. The van der Waals surface area contributed by atoms with Crippen LogP contribution in [0, 0.1) is 0 Å². The molecule has 2 heterocycles. The van der Waals surface area contributed by atoms with Crippen molar-refractivity contribution in [1.29, 1.82) is 0 Å². The molecule has 0 radical (unpaired) electrons. The van der Waals surface area contributed by atoms with Crippen LogP contribution < -0.4 is 5.32 Å². The maximum Gasteiger partial charge on any atom is 0.275 e. The molecule has 1 aliphatic rings. The van der Waals surface area contributed by atoms with Crippen molar-refractivity contribution in [2.45, 2.75) is 35.1 Å². The number of carbonyl (C=O) groups is 1. The molecule has 1 N–H and O–H groups in total. The van der Waals surface area contributed by atoms with Gasteiger partial charge < -0.3 is 5.32 Å². The zero-order chi connectivity index (χ0) is 23.3. The largest absolute Gasteiger partial charge is 0.321 e. The second-order valence-electron chi connectivity index (χ2n) is 7.57. The molecular formula is C23H23ClN4O3S2. The van der Waals surface area contributed by atoms with Crippen LogP contribution in [0.2, 0.25) is 5.02 Å². The van der Waals surface area contributed by atoms with Crippen molar-refractivity contribution in [3.05, 3.63) is 77.1 Å². The number of nitrogens with zero attached hydrogens (tertiary/aromatic N) is 3. The molecule has 4 rings (SSSR count). The topological polar surface area (TPSA) is 92.3 Å². The van der Waals surface area contributed by atoms with Crippen LogP contribution in [0.5, 0.6) is 0 Å². The molecule has 33 heavy (non-hydrogen) atoms. The number of carbonyl (C=O) groups excluding carboxylic acids is 1. The SMILES string of the molecule is O=C(Nc1ccc(S(=O)(=O)N2CCCCC2)cc1)c1nc(SCc2ccccc2)ncc1Cl. The first-order valence-electron chi connectivity index (χ1n) is 10.5. The lowest BCUT2D eigenvalue weighted by atomic mass is 10.2. The fourth-order valence-corrected chi connectivity index (χ4v) is 5.92. The van der Waals surface area contributed by atoms with Gasteiger partial charge in [-0.1, -0.05) is 60.1 Å². The third-order valence-electron chi connectivity index (χ3n) is 5.21. The van der Waals surface area contributed by atoms with Gasteiger partial charge in [0.25, 0.3) is 5.91 Å². The normalized spacial score (nSPS) is 14.7. The van der Waals surface area contributed by atoms with Gasteiger partial charge in [0, 0.05) is 24.5 Å². The summed E-state index contributed by atoms with van der Waals surface area (Å²) in [5.41, 5.74) is 1.63. The maximum atomic E-state index is 12.8. The second kappa shape index (κ2) is 10.6. The number of amides is 1. The summed E-state index contributed by atoms with van der Waals surface area (Å²) in [7, 11) is -3.52. The lowest BCUT2D eigenvalue weighted by molar-refractivity contribution is 0.102. The Labute approximate surface area is 202 Å². The molecule has 3 aromatic rings. The van der Waals surface area contributed by atoms with Gasteiger partial charge >= 0.3 is 0 Å². The molecule has 1 saturated heterocycles. The van der Waals surface area contributed by atoms with E-state index in [1.54, 1.807) is 12.1 Å². The van der Waals surface area contributed by atoms with Gasteiger partial charge in [0.15, 0.2) is 10.9 Å². The van der Waals surface area contributed by atoms with E-state index in [0.717, 1.165) is 24.8 Å². The van der Waals surface area contributed by atoms with Gasteiger partial charge in [-0.25, -0.2) is 18.4 Å². The van der Waals surface area contributed by atoms with Gasteiger partial charge in [0.1, 0.15) is 0 Å². The molecule has 1 aromatic heterocycles. The third kappa shape index (κ3) is 5.92. The highest BCUT2D eigenvalue weighted by molar-refractivity contribution is 7.98. The van der Waals surface area contributed by atoms with Crippen molar-refractivity contribution in [3.8, 4) is 0 Å². The number of aromatic nitrogens is 2. The van der Waals surface area contributed by atoms with E-state index < -0.39 is 15.9 Å². The standard InChI is InChI=1S/C23H23ClN4O3S2/c24-20-15-25-23(32-16-17-7-3-1-4-8-17)27-21(20)22(29)26-18-9-11-19(12-10-18)33(30,31)28-13-5-2-6-14-28/h1,3-4,7-12,15H,2,5-6,13-14,16H2,(H,26,29). The molecular weight excluding hydrogens is 480 g/mol. The maximum absolute atomic E-state index is 12.8. The number of nitrogens with one attached hydrogen (secondary N) is 1. The minimum Gasteiger partial charge on any atom is -0.321 e. The van der Waals surface area contributed by atoms with Crippen LogP contribution in [-0.2, 0) is 15.8 Å². The third-order valence-corrected chi connectivity index (χ3v) is 8.33. The lowest BCUT2D eigenvalue weighted by Gasteiger charge is -2.25. The molecule has 172 valence electrons. The summed E-state index contributed by atoms with van der Waals surface area (Å²) < 4.78 is 27.1. The number of thioether (sulfide) groups is 1. The van der Waals surface area contributed by atoms with E-state index in [1.807, 2.05) is 30.3 Å². The molecule has 1 amide bonds. The predicted molar refractivity (Wildman–Crippen MR) is 130 cm³/mol. The number of piperidine rings is 1. The Hall–Kier alpha value is -2.46. The Morgan fingerprint density at radius 2 is 1.73 bits per heavy atom. The zero-order valence-corrected chi connectivity index (χ0v) is 20.2. The summed E-state index contributed by atoms with van der Waals surface area (Å²) in [6, 6.07) is 16.0. The van der Waals surface area contributed by atoms with Crippen molar-refractivity contribution in [2.75, 3.05) is 18.4 Å². The van der Waals surface area contributed by atoms with E-state index in [-0.39, 0.29) is 15.6 Å². The smallest absolute Gasteiger partial charge is 0.275 e. The number of halogens is 1. The summed E-state index contributed by atoms with van der Waals surface area (Å²) in [6.45, 7) is 1.08. The number of anilines is 1. The Balaban J connectivity index is 1.43. The average molecular weight is 503 g/mol. The minimum absolute atomic E-state index is 0.0623. The summed E-state index contributed by atoms with van der Waals surface area (Å²) in [6.07, 6.45) is 4.21. The molecule has 7 nitrogen and oxygen atoms in total. The molecule has 0 aliphatic carbocycles. The molecule has 0 unspecified atom stereocenters. The fraction of sp³-hybridized carbons (Fsp3) is 0.261. The van der Waals surface area contributed by atoms with E-state index in [9.17, 15) is 13.2 Å². The highest BCUT2D eigenvalue weighted by Gasteiger charge is 2.25. The van der Waals surface area contributed by atoms with Gasteiger partial charge in [0.2, 0.25) is 10.0 Å². The molecule has 0 atom stereocenters. The Morgan fingerprint density at radius 1 is 1.03 bits per heavy atom. The quantitative estimate of drug-likeness (QED) is 0.367. The van der Waals surface area contributed by atoms with E-state index in [4.69, 9.17) is 11.6 Å². The van der Waals surface area contributed by atoms with Crippen molar-refractivity contribution in [1.82, 2.24) is 14.3 Å². The van der Waals surface area contributed by atoms with Crippen LogP contribution in [-0.4, -0.2) is 41.7 Å². The predicted octanol–water partition coefficient (Wildman–Crippen LogP) is 4.85. The van der Waals surface area contributed by atoms with Crippen molar-refractivity contribution >= 4 is 45.0 Å². The highest BCUT2D eigenvalue weighted by atomic mass is 35.5. The summed E-state index contributed by atoms with van der Waals surface area (Å²) in [5.74, 6) is 0.173. The minimum atomic E-state index is -3.52. The van der Waals surface area contributed by atoms with Crippen LogP contribution in [0.3, 0.4) is 0 Å². The van der Waals surface area contributed by atoms with Gasteiger partial charge in [-0.15, -0.1) is 0 Å². The molecule has 10 heteroatoms. The van der Waals surface area contributed by atoms with Crippen LogP contribution in [0.25, 0.3) is 0 Å². The number of hydrogen-bond acceptors (Lipinski definition) is 6. The van der Waals surface area contributed by atoms with Crippen LogP contribution in [0.4, 0.5) is 5.69 Å². The molecule has 0 bridgehead atoms. The Kier molecular flexibility index (Phi) is 7.64. The monoisotopic (exact) mass is 502 g/mol. The van der Waals surface area contributed by atoms with Crippen molar-refractivity contribution in [2.24, 2.45) is 0 Å². The van der Waals surface area contributed by atoms with E-state index in [1.165, 1.54) is 34.4 Å². The van der Waals surface area contributed by atoms with Crippen LogP contribution in [0.1, 0.15) is 35.3 Å². The first kappa shape index (κ1) is 23.7. The summed E-state index contributed by atoms with van der Waals surface area (Å²) >= 11 is 7.57. The van der Waals surface area contributed by atoms with Crippen LogP contribution >= 0.6 is 23.4 Å². The van der Waals surface area contributed by atoms with E-state index >= 15 is 0 Å². The number of hydrogen-bond donors (Lipinski definition) is 1. The summed E-state index contributed by atoms with van der Waals surface area (Å²) in [4.78, 5) is 21.5. The number of rotatable bonds is 7. The fourth-order valence-electron chi connectivity index (χ4n) is 3.46. The summed E-state index contributed by atoms with van der Waals surface area (Å²) in [5, 5.41) is 3.31. The molecule has 0 saturated carbocycles. The lowest BCUT2D eigenvalue weighted by Crippen LogP contribution is -2.35. The van der Waals surface area contributed by atoms with Gasteiger partial charge in [-0.05, 0) is 42.7 Å². The Morgan fingerprint density at radius 3 is 2.42 bits per heavy atom. The number of benzene rings is 2. The average Bonchev–Trinajstić information content (AvgIpc) is 2.85. The highest BCUT2D eigenvalue weighted by Crippen LogP contribution is 2.24. The molecule has 0 spiro atoms. The van der Waals surface area contributed by atoms with Crippen molar-refractivity contribution in [3.63, 3.8) is 0 Å². The van der Waals surface area contributed by atoms with E-state index in [0.29, 0.717) is 29.7 Å². The second-order valence-corrected chi connectivity index (χ2v) is 10.9. The van der Waals surface area contributed by atoms with Gasteiger partial charge in [0.05, 0.1) is 16.1 Å². The molecule has 1 aliphatic heterocycles. The van der Waals surface area contributed by atoms with Gasteiger partial charge in [-0.3, -0.25) is 4.79 Å². The first-order valence-corrected chi connectivity index (χ1v) is 13.3. The van der Waals surface area contributed by atoms with Crippen molar-refractivity contribution < 1.29 is 13.2 Å². The Bertz CT molecular complexity index is 1220.